The minimum atomic E-state index is -4.67. The standard InChI is InChI=1S/C17H22F3N3O4S/c18-17(19,20)13-5-4-6-14(11-13)28(26,27)22-12-15(24)21-8-10-23-9-3-1-2-7-16(23)25/h4-6,11,22H,1-3,7-10,12H2,(H,21,24). The summed E-state index contributed by atoms with van der Waals surface area (Å²) in [4.78, 5) is 24.7. The highest BCUT2D eigenvalue weighted by atomic mass is 32.2. The number of sulfonamides is 1. The first-order valence-electron chi connectivity index (χ1n) is 8.81. The van der Waals surface area contributed by atoms with Gasteiger partial charge in [0, 0.05) is 26.1 Å². The number of likely N-dealkylation sites (tertiary alicyclic amines) is 1. The first-order chi connectivity index (χ1) is 13.1. The summed E-state index contributed by atoms with van der Waals surface area (Å²) in [6, 6.07) is 3.26. The molecule has 1 fully saturated rings. The first-order valence-corrected chi connectivity index (χ1v) is 10.3. The third-order valence-electron chi connectivity index (χ3n) is 4.27. The second kappa shape index (κ2) is 9.37. The molecule has 2 N–H and O–H groups in total. The molecule has 7 nitrogen and oxygen atoms in total. The normalized spacial score (nSPS) is 16.0. The Morgan fingerprint density at radius 3 is 2.64 bits per heavy atom. The van der Waals surface area contributed by atoms with Gasteiger partial charge in [0.1, 0.15) is 0 Å². The largest absolute Gasteiger partial charge is 0.416 e. The van der Waals surface area contributed by atoms with Gasteiger partial charge in [-0.3, -0.25) is 9.59 Å². The number of rotatable bonds is 7. The van der Waals surface area contributed by atoms with Crippen LogP contribution in [0.4, 0.5) is 13.2 Å². The van der Waals surface area contributed by atoms with Gasteiger partial charge in [-0.1, -0.05) is 12.5 Å². The molecule has 0 bridgehead atoms. The predicted octanol–water partition coefficient (Wildman–Crippen LogP) is 1.50. The maximum absolute atomic E-state index is 12.7. The number of benzene rings is 1. The van der Waals surface area contributed by atoms with E-state index in [1.807, 2.05) is 4.72 Å². The fraction of sp³-hybridized carbons (Fsp3) is 0.529. The van der Waals surface area contributed by atoms with Gasteiger partial charge in [-0.05, 0) is 31.0 Å². The van der Waals surface area contributed by atoms with Crippen molar-refractivity contribution in [3.8, 4) is 0 Å². The quantitative estimate of drug-likeness (QED) is 0.698. The fourth-order valence-electron chi connectivity index (χ4n) is 2.75. The molecule has 11 heteroatoms. The topological polar surface area (TPSA) is 95.6 Å². The molecular weight excluding hydrogens is 399 g/mol. The monoisotopic (exact) mass is 421 g/mol. The minimum absolute atomic E-state index is 0.0250. The lowest BCUT2D eigenvalue weighted by Gasteiger charge is -2.20. The van der Waals surface area contributed by atoms with Gasteiger partial charge < -0.3 is 10.2 Å². The lowest BCUT2D eigenvalue weighted by Crippen LogP contribution is -2.42. The molecule has 2 amide bonds. The molecule has 0 aliphatic carbocycles. The molecule has 1 aromatic carbocycles. The third kappa shape index (κ3) is 6.48. The number of alkyl halides is 3. The van der Waals surface area contributed by atoms with Crippen molar-refractivity contribution in [2.45, 2.75) is 36.8 Å². The maximum Gasteiger partial charge on any atom is 0.416 e. The van der Waals surface area contributed by atoms with Crippen LogP contribution in [0.3, 0.4) is 0 Å². The summed E-state index contributed by atoms with van der Waals surface area (Å²) in [5.74, 6) is -0.616. The molecule has 1 saturated heterocycles. The lowest BCUT2D eigenvalue weighted by atomic mass is 10.2. The Bertz CT molecular complexity index is 812. The van der Waals surface area contributed by atoms with Crippen molar-refractivity contribution in [1.82, 2.24) is 14.9 Å². The number of carbonyl (C=O) groups is 2. The van der Waals surface area contributed by atoms with Crippen molar-refractivity contribution in [3.05, 3.63) is 29.8 Å². The Morgan fingerprint density at radius 2 is 1.93 bits per heavy atom. The number of hydrogen-bond donors (Lipinski definition) is 2. The maximum atomic E-state index is 12.7. The van der Waals surface area contributed by atoms with Gasteiger partial charge in [0.25, 0.3) is 0 Å². The molecule has 2 rings (SSSR count). The van der Waals surface area contributed by atoms with E-state index in [4.69, 9.17) is 0 Å². The Balaban J connectivity index is 1.83. The summed E-state index contributed by atoms with van der Waals surface area (Å²) < 4.78 is 64.3. The van der Waals surface area contributed by atoms with E-state index in [9.17, 15) is 31.2 Å². The number of carbonyl (C=O) groups excluding carboxylic acids is 2. The Labute approximate surface area is 161 Å². The zero-order valence-electron chi connectivity index (χ0n) is 15.1. The Hall–Kier alpha value is -2.14. The van der Waals surface area contributed by atoms with Crippen LogP contribution < -0.4 is 10.0 Å². The highest BCUT2D eigenvalue weighted by Crippen LogP contribution is 2.30. The number of nitrogens with one attached hydrogen (secondary N) is 2. The van der Waals surface area contributed by atoms with Crippen molar-refractivity contribution in [2.24, 2.45) is 0 Å². The minimum Gasteiger partial charge on any atom is -0.353 e. The van der Waals surface area contributed by atoms with Crippen LogP contribution in [0.5, 0.6) is 0 Å². The Morgan fingerprint density at radius 1 is 1.18 bits per heavy atom. The molecular formula is C17H22F3N3O4S. The van der Waals surface area contributed by atoms with Crippen molar-refractivity contribution in [1.29, 1.82) is 0 Å². The van der Waals surface area contributed by atoms with Crippen LogP contribution in [0.2, 0.25) is 0 Å². The second-order valence-corrected chi connectivity index (χ2v) is 8.16. The molecule has 1 aliphatic rings. The average molecular weight is 421 g/mol. The molecule has 0 spiro atoms. The number of amides is 2. The van der Waals surface area contributed by atoms with Gasteiger partial charge in [-0.2, -0.15) is 13.2 Å². The number of hydrogen-bond acceptors (Lipinski definition) is 4. The van der Waals surface area contributed by atoms with Crippen molar-refractivity contribution < 1.29 is 31.2 Å². The summed E-state index contributed by atoms with van der Waals surface area (Å²) in [6.45, 7) is 0.490. The first kappa shape index (κ1) is 22.2. The molecule has 0 saturated carbocycles. The molecule has 28 heavy (non-hydrogen) atoms. The van der Waals surface area contributed by atoms with E-state index in [-0.39, 0.29) is 12.5 Å². The molecule has 0 unspecified atom stereocenters. The van der Waals surface area contributed by atoms with E-state index in [0.717, 1.165) is 37.5 Å². The molecule has 0 atom stereocenters. The molecule has 1 heterocycles. The Kier molecular flexibility index (Phi) is 7.41. The zero-order valence-corrected chi connectivity index (χ0v) is 15.9. The predicted molar refractivity (Wildman–Crippen MR) is 94.7 cm³/mol. The van der Waals surface area contributed by atoms with Crippen molar-refractivity contribution >= 4 is 21.8 Å². The van der Waals surface area contributed by atoms with Crippen LogP contribution in [0, 0.1) is 0 Å². The number of nitrogens with zero attached hydrogens (tertiary/aromatic N) is 1. The second-order valence-electron chi connectivity index (χ2n) is 6.39. The van der Waals surface area contributed by atoms with Crippen LogP contribution in [0.1, 0.15) is 31.2 Å². The van der Waals surface area contributed by atoms with Gasteiger partial charge in [0.05, 0.1) is 17.0 Å². The average Bonchev–Trinajstić information content (AvgIpc) is 2.84. The number of halogens is 3. The van der Waals surface area contributed by atoms with Gasteiger partial charge >= 0.3 is 6.18 Å². The van der Waals surface area contributed by atoms with Crippen molar-refractivity contribution in [3.63, 3.8) is 0 Å². The summed E-state index contributed by atoms with van der Waals surface area (Å²) in [6.07, 6.45) is -1.47. The van der Waals surface area contributed by atoms with Gasteiger partial charge in [-0.25, -0.2) is 13.1 Å². The van der Waals surface area contributed by atoms with Crippen LogP contribution in [-0.4, -0.2) is 51.3 Å². The summed E-state index contributed by atoms with van der Waals surface area (Å²) in [5.41, 5.74) is -1.10. The van der Waals surface area contributed by atoms with E-state index >= 15 is 0 Å². The lowest BCUT2D eigenvalue weighted by molar-refractivity contribution is -0.137. The summed E-state index contributed by atoms with van der Waals surface area (Å²) >= 11 is 0. The smallest absolute Gasteiger partial charge is 0.353 e. The third-order valence-corrected chi connectivity index (χ3v) is 5.67. The molecule has 0 aromatic heterocycles. The van der Waals surface area contributed by atoms with Gasteiger partial charge in [0.2, 0.25) is 21.8 Å². The zero-order chi connectivity index (χ0) is 20.8. The van der Waals surface area contributed by atoms with E-state index < -0.39 is 39.1 Å². The van der Waals surface area contributed by atoms with E-state index in [1.165, 1.54) is 0 Å². The van der Waals surface area contributed by atoms with Crippen molar-refractivity contribution in [2.75, 3.05) is 26.2 Å². The highest BCUT2D eigenvalue weighted by molar-refractivity contribution is 7.89. The molecule has 0 radical (unpaired) electrons. The highest BCUT2D eigenvalue weighted by Gasteiger charge is 2.31. The van der Waals surface area contributed by atoms with E-state index in [0.29, 0.717) is 25.6 Å². The van der Waals surface area contributed by atoms with Gasteiger partial charge in [-0.15, -0.1) is 0 Å². The van der Waals surface area contributed by atoms with Crippen LogP contribution in [0.25, 0.3) is 0 Å². The summed E-state index contributed by atoms with van der Waals surface area (Å²) in [7, 11) is -4.27. The molecule has 1 aliphatic heterocycles. The molecule has 156 valence electrons. The summed E-state index contributed by atoms with van der Waals surface area (Å²) in [5, 5.41) is 2.49. The van der Waals surface area contributed by atoms with Gasteiger partial charge in [0.15, 0.2) is 0 Å². The van der Waals surface area contributed by atoms with E-state index in [2.05, 4.69) is 5.32 Å². The molecule has 1 aromatic rings. The SMILES string of the molecule is O=C(CNS(=O)(=O)c1cccc(C(F)(F)F)c1)NCCN1CCCCCC1=O. The fourth-order valence-corrected chi connectivity index (χ4v) is 3.78. The van der Waals surface area contributed by atoms with E-state index in [1.54, 1.807) is 4.90 Å². The van der Waals surface area contributed by atoms with Crippen LogP contribution in [0.15, 0.2) is 29.2 Å². The van der Waals surface area contributed by atoms with Crippen LogP contribution in [-0.2, 0) is 25.8 Å². The van der Waals surface area contributed by atoms with Crippen LogP contribution >= 0.6 is 0 Å².